The van der Waals surface area contributed by atoms with E-state index in [1.165, 1.54) is 6.33 Å². The van der Waals surface area contributed by atoms with E-state index in [2.05, 4.69) is 29.1 Å². The van der Waals surface area contributed by atoms with Gasteiger partial charge in [0.25, 0.3) is 0 Å². The van der Waals surface area contributed by atoms with E-state index in [1.54, 1.807) is 0 Å². The second-order valence-corrected chi connectivity index (χ2v) is 5.06. The minimum atomic E-state index is -0.180. The Morgan fingerprint density at radius 1 is 1.53 bits per heavy atom. The van der Waals surface area contributed by atoms with Crippen LogP contribution in [0.25, 0.3) is 0 Å². The molecule has 1 aliphatic heterocycles. The number of aromatic nitrogens is 2. The highest BCUT2D eigenvalue weighted by Gasteiger charge is 2.31. The van der Waals surface area contributed by atoms with Crippen LogP contribution in [0.4, 0.5) is 11.6 Å². The number of hydrogen-bond acceptors (Lipinski definition) is 5. The van der Waals surface area contributed by atoms with E-state index in [4.69, 9.17) is 5.73 Å². The third kappa shape index (κ3) is 2.47. The molecule has 1 aliphatic rings. The molecule has 1 atom stereocenters. The first-order valence-electron chi connectivity index (χ1n) is 6.71. The van der Waals surface area contributed by atoms with Gasteiger partial charge in [-0.15, -0.1) is 0 Å². The van der Waals surface area contributed by atoms with Gasteiger partial charge in [0.2, 0.25) is 5.91 Å². The van der Waals surface area contributed by atoms with Crippen LogP contribution in [-0.4, -0.2) is 35.0 Å². The first-order chi connectivity index (χ1) is 9.06. The van der Waals surface area contributed by atoms with Crippen molar-refractivity contribution in [2.75, 3.05) is 23.7 Å². The SMILES string of the molecule is CCC1C(=O)NCCN1c1ncnc(N)c1C(C)C. The normalized spacial score (nSPS) is 19.7. The number of nitrogens with zero attached hydrogens (tertiary/aromatic N) is 3. The molecule has 2 heterocycles. The zero-order valence-electron chi connectivity index (χ0n) is 11.7. The first kappa shape index (κ1) is 13.6. The van der Waals surface area contributed by atoms with Crippen LogP contribution >= 0.6 is 0 Å². The lowest BCUT2D eigenvalue weighted by Crippen LogP contribution is -2.55. The molecular weight excluding hydrogens is 242 g/mol. The molecule has 1 amide bonds. The number of rotatable bonds is 3. The molecule has 0 spiro atoms. The number of hydrogen-bond donors (Lipinski definition) is 2. The summed E-state index contributed by atoms with van der Waals surface area (Å²) in [5, 5.41) is 2.89. The first-order valence-corrected chi connectivity index (χ1v) is 6.71. The van der Waals surface area contributed by atoms with Crippen LogP contribution in [-0.2, 0) is 4.79 Å². The van der Waals surface area contributed by atoms with Gasteiger partial charge in [0.1, 0.15) is 24.0 Å². The number of anilines is 2. The number of amides is 1. The smallest absolute Gasteiger partial charge is 0.242 e. The summed E-state index contributed by atoms with van der Waals surface area (Å²) in [6, 6.07) is -0.180. The van der Waals surface area contributed by atoms with Gasteiger partial charge in [-0.2, -0.15) is 0 Å². The van der Waals surface area contributed by atoms with Gasteiger partial charge >= 0.3 is 0 Å². The fourth-order valence-electron chi connectivity index (χ4n) is 2.56. The minimum absolute atomic E-state index is 0.0561. The van der Waals surface area contributed by atoms with Crippen LogP contribution < -0.4 is 16.0 Å². The fourth-order valence-corrected chi connectivity index (χ4v) is 2.56. The number of nitrogens with one attached hydrogen (secondary N) is 1. The highest BCUT2D eigenvalue weighted by molar-refractivity contribution is 5.86. The van der Waals surface area contributed by atoms with E-state index in [0.717, 1.165) is 24.3 Å². The summed E-state index contributed by atoms with van der Waals surface area (Å²) < 4.78 is 0. The van der Waals surface area contributed by atoms with Crippen LogP contribution in [0.3, 0.4) is 0 Å². The number of piperazine rings is 1. The highest BCUT2D eigenvalue weighted by atomic mass is 16.2. The van der Waals surface area contributed by atoms with Crippen LogP contribution in [0.5, 0.6) is 0 Å². The molecule has 1 unspecified atom stereocenters. The molecule has 0 aliphatic carbocycles. The lowest BCUT2D eigenvalue weighted by molar-refractivity contribution is -0.123. The molecule has 0 aromatic carbocycles. The molecule has 3 N–H and O–H groups in total. The Morgan fingerprint density at radius 3 is 2.89 bits per heavy atom. The molecule has 1 saturated heterocycles. The zero-order valence-corrected chi connectivity index (χ0v) is 11.7. The summed E-state index contributed by atoms with van der Waals surface area (Å²) in [6.45, 7) is 7.51. The largest absolute Gasteiger partial charge is 0.383 e. The molecule has 19 heavy (non-hydrogen) atoms. The van der Waals surface area contributed by atoms with Crippen LogP contribution in [0.2, 0.25) is 0 Å². The average Bonchev–Trinajstić information content (AvgIpc) is 2.37. The molecule has 1 fully saturated rings. The van der Waals surface area contributed by atoms with Gasteiger partial charge in [-0.1, -0.05) is 20.8 Å². The van der Waals surface area contributed by atoms with Crippen molar-refractivity contribution in [2.24, 2.45) is 0 Å². The Balaban J connectivity index is 2.45. The molecule has 2 rings (SSSR count). The summed E-state index contributed by atoms with van der Waals surface area (Å²) in [5.74, 6) is 1.57. The van der Waals surface area contributed by atoms with Crippen molar-refractivity contribution in [3.8, 4) is 0 Å². The number of nitrogen functional groups attached to an aromatic ring is 1. The van der Waals surface area contributed by atoms with Gasteiger partial charge in [-0.05, 0) is 12.3 Å². The second kappa shape index (κ2) is 5.42. The molecule has 104 valence electrons. The van der Waals surface area contributed by atoms with Gasteiger partial charge in [0.15, 0.2) is 0 Å². The highest BCUT2D eigenvalue weighted by Crippen LogP contribution is 2.31. The summed E-state index contributed by atoms with van der Waals surface area (Å²) in [7, 11) is 0. The fraction of sp³-hybridized carbons (Fsp3) is 0.615. The molecule has 0 bridgehead atoms. The summed E-state index contributed by atoms with van der Waals surface area (Å²) in [6.07, 6.45) is 2.21. The van der Waals surface area contributed by atoms with E-state index in [1.807, 2.05) is 11.8 Å². The Hall–Kier alpha value is -1.85. The second-order valence-electron chi connectivity index (χ2n) is 5.06. The number of carbonyl (C=O) groups excluding carboxylic acids is 1. The van der Waals surface area contributed by atoms with E-state index in [0.29, 0.717) is 12.4 Å². The molecule has 6 nitrogen and oxygen atoms in total. The van der Waals surface area contributed by atoms with Gasteiger partial charge in [0.05, 0.1) is 0 Å². The molecular formula is C13H21N5O. The lowest BCUT2D eigenvalue weighted by Gasteiger charge is -2.36. The molecule has 0 saturated carbocycles. The Bertz CT molecular complexity index is 474. The predicted octanol–water partition coefficient (Wildman–Crippen LogP) is 0.897. The van der Waals surface area contributed by atoms with Crippen molar-refractivity contribution in [1.82, 2.24) is 15.3 Å². The van der Waals surface area contributed by atoms with Crippen molar-refractivity contribution in [3.63, 3.8) is 0 Å². The quantitative estimate of drug-likeness (QED) is 0.846. The molecule has 0 radical (unpaired) electrons. The lowest BCUT2D eigenvalue weighted by atomic mass is 10.0. The van der Waals surface area contributed by atoms with Crippen molar-refractivity contribution >= 4 is 17.5 Å². The van der Waals surface area contributed by atoms with Gasteiger partial charge in [0, 0.05) is 18.7 Å². The zero-order chi connectivity index (χ0) is 14.0. The standard InChI is InChI=1S/C13H21N5O/c1-4-9-13(19)15-5-6-18(9)12-10(8(2)3)11(14)16-7-17-12/h7-9H,4-6H2,1-3H3,(H,15,19)(H2,14,16,17). The van der Waals surface area contributed by atoms with Crippen LogP contribution in [0, 0.1) is 0 Å². The monoisotopic (exact) mass is 263 g/mol. The van der Waals surface area contributed by atoms with Gasteiger partial charge in [-0.25, -0.2) is 9.97 Å². The number of carbonyl (C=O) groups is 1. The maximum atomic E-state index is 11.9. The van der Waals surface area contributed by atoms with E-state index in [9.17, 15) is 4.79 Å². The third-order valence-electron chi connectivity index (χ3n) is 3.46. The van der Waals surface area contributed by atoms with Crippen molar-refractivity contribution in [3.05, 3.63) is 11.9 Å². The maximum absolute atomic E-state index is 11.9. The van der Waals surface area contributed by atoms with Gasteiger partial charge < -0.3 is 16.0 Å². The van der Waals surface area contributed by atoms with E-state index >= 15 is 0 Å². The topological polar surface area (TPSA) is 84.1 Å². The van der Waals surface area contributed by atoms with Crippen molar-refractivity contribution in [1.29, 1.82) is 0 Å². The summed E-state index contributed by atoms with van der Waals surface area (Å²) >= 11 is 0. The molecule has 1 aromatic rings. The maximum Gasteiger partial charge on any atom is 0.242 e. The van der Waals surface area contributed by atoms with Crippen molar-refractivity contribution < 1.29 is 4.79 Å². The van der Waals surface area contributed by atoms with Crippen molar-refractivity contribution in [2.45, 2.75) is 39.2 Å². The Morgan fingerprint density at radius 2 is 2.26 bits per heavy atom. The van der Waals surface area contributed by atoms with E-state index in [-0.39, 0.29) is 17.9 Å². The van der Waals surface area contributed by atoms with Crippen LogP contribution in [0.1, 0.15) is 38.7 Å². The minimum Gasteiger partial charge on any atom is -0.383 e. The van der Waals surface area contributed by atoms with Gasteiger partial charge in [-0.3, -0.25) is 4.79 Å². The summed E-state index contributed by atoms with van der Waals surface area (Å²) in [4.78, 5) is 22.4. The average molecular weight is 263 g/mol. The Kier molecular flexibility index (Phi) is 3.87. The predicted molar refractivity (Wildman–Crippen MR) is 75.0 cm³/mol. The van der Waals surface area contributed by atoms with Crippen LogP contribution in [0.15, 0.2) is 6.33 Å². The summed E-state index contributed by atoms with van der Waals surface area (Å²) in [5.41, 5.74) is 6.90. The molecule has 6 heteroatoms. The van der Waals surface area contributed by atoms with E-state index < -0.39 is 0 Å². The Labute approximate surface area is 113 Å². The molecule has 1 aromatic heterocycles. The number of nitrogens with two attached hydrogens (primary N) is 1. The third-order valence-corrected chi connectivity index (χ3v) is 3.46.